The summed E-state index contributed by atoms with van der Waals surface area (Å²) in [7, 11) is 0. The van der Waals surface area contributed by atoms with Gasteiger partial charge in [-0.1, -0.05) is 42.5 Å². The van der Waals surface area contributed by atoms with Crippen molar-refractivity contribution in [2.24, 2.45) is 11.7 Å². The predicted octanol–water partition coefficient (Wildman–Crippen LogP) is 2.76. The Labute approximate surface area is 126 Å². The van der Waals surface area contributed by atoms with E-state index in [1.54, 1.807) is 12.1 Å². The average molecular weight is 282 g/mol. The topological polar surface area (TPSA) is 49.5 Å². The van der Waals surface area contributed by atoms with Crippen molar-refractivity contribution in [1.29, 1.82) is 0 Å². The highest BCUT2D eigenvalue weighted by atomic mass is 16.3. The number of aromatic hydroxyl groups is 1. The van der Waals surface area contributed by atoms with Gasteiger partial charge in [0.1, 0.15) is 5.75 Å². The standard InChI is InChI=1S/C18H22N2O/c19-12-14-10-11-20(13-14)18(15-4-2-1-3-5-15)16-6-8-17(21)9-7-16/h1-9,14,18,21H,10-13,19H2. The van der Waals surface area contributed by atoms with Crippen molar-refractivity contribution in [3.8, 4) is 5.75 Å². The van der Waals surface area contributed by atoms with Crippen LogP contribution in [0.3, 0.4) is 0 Å². The molecule has 0 aliphatic carbocycles. The van der Waals surface area contributed by atoms with Gasteiger partial charge in [-0.15, -0.1) is 0 Å². The van der Waals surface area contributed by atoms with Gasteiger partial charge in [0, 0.05) is 6.54 Å². The lowest BCUT2D eigenvalue weighted by molar-refractivity contribution is 0.270. The maximum absolute atomic E-state index is 9.52. The van der Waals surface area contributed by atoms with Crippen LogP contribution in [0.25, 0.3) is 0 Å². The first kappa shape index (κ1) is 14.1. The molecule has 1 heterocycles. The van der Waals surface area contributed by atoms with Crippen molar-refractivity contribution in [2.75, 3.05) is 19.6 Å². The third-order valence-corrected chi connectivity index (χ3v) is 4.34. The summed E-state index contributed by atoms with van der Waals surface area (Å²) < 4.78 is 0. The summed E-state index contributed by atoms with van der Waals surface area (Å²) in [6, 6.07) is 18.4. The highest BCUT2D eigenvalue weighted by Crippen LogP contribution is 2.33. The second-order valence-electron chi connectivity index (χ2n) is 5.79. The minimum Gasteiger partial charge on any atom is -0.508 e. The SMILES string of the molecule is NCC1CCN(C(c2ccccc2)c2ccc(O)cc2)C1. The van der Waals surface area contributed by atoms with Crippen LogP contribution in [0.2, 0.25) is 0 Å². The number of phenolic OH excluding ortho intramolecular Hbond substituents is 1. The molecule has 3 heteroatoms. The number of rotatable bonds is 4. The van der Waals surface area contributed by atoms with E-state index in [9.17, 15) is 5.11 Å². The van der Waals surface area contributed by atoms with Gasteiger partial charge in [0.25, 0.3) is 0 Å². The van der Waals surface area contributed by atoms with E-state index in [1.807, 2.05) is 18.2 Å². The van der Waals surface area contributed by atoms with Crippen molar-refractivity contribution < 1.29 is 5.11 Å². The molecule has 3 rings (SSSR count). The zero-order chi connectivity index (χ0) is 14.7. The number of benzene rings is 2. The largest absolute Gasteiger partial charge is 0.508 e. The van der Waals surface area contributed by atoms with E-state index >= 15 is 0 Å². The number of hydrogen-bond acceptors (Lipinski definition) is 3. The Balaban J connectivity index is 1.94. The molecule has 110 valence electrons. The van der Waals surface area contributed by atoms with E-state index in [2.05, 4.69) is 29.2 Å². The zero-order valence-electron chi connectivity index (χ0n) is 12.2. The van der Waals surface area contributed by atoms with Crippen LogP contribution in [0.4, 0.5) is 0 Å². The fraction of sp³-hybridized carbons (Fsp3) is 0.333. The van der Waals surface area contributed by atoms with Crippen LogP contribution in [-0.4, -0.2) is 29.6 Å². The minimum absolute atomic E-state index is 0.239. The summed E-state index contributed by atoms with van der Waals surface area (Å²) in [5.41, 5.74) is 8.35. The van der Waals surface area contributed by atoms with Gasteiger partial charge in [0.15, 0.2) is 0 Å². The van der Waals surface area contributed by atoms with Crippen LogP contribution in [0.1, 0.15) is 23.6 Å². The smallest absolute Gasteiger partial charge is 0.115 e. The van der Waals surface area contributed by atoms with E-state index in [0.29, 0.717) is 11.7 Å². The molecule has 3 nitrogen and oxygen atoms in total. The molecule has 2 aromatic carbocycles. The predicted molar refractivity (Wildman–Crippen MR) is 85.1 cm³/mol. The van der Waals surface area contributed by atoms with E-state index in [0.717, 1.165) is 26.1 Å². The van der Waals surface area contributed by atoms with Gasteiger partial charge >= 0.3 is 0 Å². The lowest BCUT2D eigenvalue weighted by Crippen LogP contribution is -2.28. The fourth-order valence-corrected chi connectivity index (χ4v) is 3.20. The van der Waals surface area contributed by atoms with Crippen LogP contribution in [0, 0.1) is 5.92 Å². The average Bonchev–Trinajstić information content (AvgIpc) is 2.99. The molecule has 2 unspecified atom stereocenters. The molecule has 0 amide bonds. The summed E-state index contributed by atoms with van der Waals surface area (Å²) in [5, 5.41) is 9.52. The third kappa shape index (κ3) is 3.09. The summed E-state index contributed by atoms with van der Waals surface area (Å²) in [6.45, 7) is 2.87. The minimum atomic E-state index is 0.239. The molecule has 2 aromatic rings. The van der Waals surface area contributed by atoms with Crippen LogP contribution >= 0.6 is 0 Å². The highest BCUT2D eigenvalue weighted by Gasteiger charge is 2.29. The van der Waals surface area contributed by atoms with Gasteiger partial charge in [-0.05, 0) is 48.7 Å². The molecule has 0 spiro atoms. The van der Waals surface area contributed by atoms with E-state index in [1.165, 1.54) is 11.1 Å². The number of nitrogens with zero attached hydrogens (tertiary/aromatic N) is 1. The van der Waals surface area contributed by atoms with Crippen molar-refractivity contribution >= 4 is 0 Å². The molecule has 1 saturated heterocycles. The maximum Gasteiger partial charge on any atom is 0.115 e. The normalized spacial score (nSPS) is 20.5. The Morgan fingerprint density at radius 2 is 1.71 bits per heavy atom. The van der Waals surface area contributed by atoms with Crippen molar-refractivity contribution in [2.45, 2.75) is 12.5 Å². The molecule has 3 N–H and O–H groups in total. The monoisotopic (exact) mass is 282 g/mol. The maximum atomic E-state index is 9.52. The van der Waals surface area contributed by atoms with Crippen LogP contribution in [0.15, 0.2) is 54.6 Å². The second-order valence-corrected chi connectivity index (χ2v) is 5.79. The first-order valence-corrected chi connectivity index (χ1v) is 7.56. The Morgan fingerprint density at radius 3 is 2.33 bits per heavy atom. The fourth-order valence-electron chi connectivity index (χ4n) is 3.20. The quantitative estimate of drug-likeness (QED) is 0.906. The Kier molecular flexibility index (Phi) is 4.23. The molecule has 0 aromatic heterocycles. The van der Waals surface area contributed by atoms with Gasteiger partial charge < -0.3 is 10.8 Å². The lowest BCUT2D eigenvalue weighted by Gasteiger charge is -2.29. The summed E-state index contributed by atoms with van der Waals surface area (Å²) in [4.78, 5) is 2.50. The molecule has 0 bridgehead atoms. The number of hydrogen-bond donors (Lipinski definition) is 2. The van der Waals surface area contributed by atoms with Gasteiger partial charge in [0.05, 0.1) is 6.04 Å². The van der Waals surface area contributed by atoms with Gasteiger partial charge in [-0.3, -0.25) is 4.90 Å². The van der Waals surface area contributed by atoms with E-state index in [4.69, 9.17) is 5.73 Å². The molecule has 1 fully saturated rings. The molecule has 2 atom stereocenters. The van der Waals surface area contributed by atoms with Gasteiger partial charge in [0.2, 0.25) is 0 Å². The summed E-state index contributed by atoms with van der Waals surface area (Å²) >= 11 is 0. The van der Waals surface area contributed by atoms with Gasteiger partial charge in [-0.2, -0.15) is 0 Å². The molecule has 21 heavy (non-hydrogen) atoms. The van der Waals surface area contributed by atoms with E-state index < -0.39 is 0 Å². The lowest BCUT2D eigenvalue weighted by atomic mass is 9.97. The van der Waals surface area contributed by atoms with Crippen molar-refractivity contribution in [1.82, 2.24) is 4.90 Å². The Bertz CT molecular complexity index is 568. The van der Waals surface area contributed by atoms with Gasteiger partial charge in [-0.25, -0.2) is 0 Å². The molecular weight excluding hydrogens is 260 g/mol. The van der Waals surface area contributed by atoms with Crippen LogP contribution in [0.5, 0.6) is 5.75 Å². The summed E-state index contributed by atoms with van der Waals surface area (Å²) in [5.74, 6) is 0.903. The third-order valence-electron chi connectivity index (χ3n) is 4.34. The zero-order valence-corrected chi connectivity index (χ0v) is 12.2. The molecule has 1 aliphatic heterocycles. The highest BCUT2D eigenvalue weighted by molar-refractivity contribution is 5.35. The molecular formula is C18H22N2O. The second kappa shape index (κ2) is 6.29. The summed E-state index contributed by atoms with van der Waals surface area (Å²) in [6.07, 6.45) is 1.16. The first-order valence-electron chi connectivity index (χ1n) is 7.56. The molecule has 1 aliphatic rings. The van der Waals surface area contributed by atoms with Crippen LogP contribution < -0.4 is 5.73 Å². The van der Waals surface area contributed by atoms with Crippen molar-refractivity contribution in [3.63, 3.8) is 0 Å². The number of nitrogens with two attached hydrogens (primary N) is 1. The first-order chi connectivity index (χ1) is 10.3. The Morgan fingerprint density at radius 1 is 1.05 bits per heavy atom. The molecule has 0 radical (unpaired) electrons. The number of phenols is 1. The molecule has 0 saturated carbocycles. The number of likely N-dealkylation sites (tertiary alicyclic amines) is 1. The van der Waals surface area contributed by atoms with Crippen molar-refractivity contribution in [3.05, 3.63) is 65.7 Å². The van der Waals surface area contributed by atoms with Crippen LogP contribution in [-0.2, 0) is 0 Å². The van der Waals surface area contributed by atoms with E-state index in [-0.39, 0.29) is 6.04 Å². The Hall–Kier alpha value is -1.84.